The normalized spacial score (nSPS) is 15.1. The Morgan fingerprint density at radius 2 is 2.00 bits per heavy atom. The Balaban J connectivity index is 2.06. The largest absolute Gasteiger partial charge is 0.478 e. The molecule has 1 fully saturated rings. The summed E-state index contributed by atoms with van der Waals surface area (Å²) in [5, 5.41) is 11.7. The number of hydrogen-bond donors (Lipinski definition) is 2. The van der Waals surface area contributed by atoms with Crippen molar-refractivity contribution in [3.05, 3.63) is 28.8 Å². The first-order chi connectivity index (χ1) is 9.08. The maximum Gasteiger partial charge on any atom is 0.335 e. The fourth-order valence-electron chi connectivity index (χ4n) is 1.71. The number of nitrogens with one attached hydrogen (secondary N) is 1. The minimum absolute atomic E-state index is 0.0781. The van der Waals surface area contributed by atoms with Gasteiger partial charge in [0.25, 0.3) is 0 Å². The number of benzene rings is 1. The van der Waals surface area contributed by atoms with Gasteiger partial charge < -0.3 is 20.1 Å². The molecule has 0 atom stereocenters. The minimum Gasteiger partial charge on any atom is -0.478 e. The molecule has 102 valence electrons. The van der Waals surface area contributed by atoms with Crippen molar-refractivity contribution in [3.63, 3.8) is 0 Å². The van der Waals surface area contributed by atoms with Crippen molar-refractivity contribution in [1.29, 1.82) is 0 Å². The quantitative estimate of drug-likeness (QED) is 0.869. The van der Waals surface area contributed by atoms with E-state index in [1.54, 1.807) is 4.90 Å². The number of carboxylic acids is 1. The number of ether oxygens (including phenoxy) is 1. The van der Waals surface area contributed by atoms with Gasteiger partial charge in [-0.15, -0.1) is 0 Å². The molecular weight excluding hydrogens is 272 g/mol. The first-order valence-corrected chi connectivity index (χ1v) is 6.12. The topological polar surface area (TPSA) is 78.9 Å². The molecule has 0 radical (unpaired) electrons. The van der Waals surface area contributed by atoms with Gasteiger partial charge in [-0.2, -0.15) is 0 Å². The second-order valence-electron chi connectivity index (χ2n) is 4.03. The number of amides is 2. The summed E-state index contributed by atoms with van der Waals surface area (Å²) in [6, 6.07) is 3.90. The van der Waals surface area contributed by atoms with Crippen molar-refractivity contribution in [1.82, 2.24) is 4.90 Å². The number of aromatic carboxylic acids is 1. The van der Waals surface area contributed by atoms with Crippen LogP contribution in [0.4, 0.5) is 10.5 Å². The molecule has 1 aromatic rings. The van der Waals surface area contributed by atoms with Crippen LogP contribution < -0.4 is 5.32 Å². The van der Waals surface area contributed by atoms with Crippen molar-refractivity contribution >= 4 is 29.3 Å². The molecule has 0 bridgehead atoms. The molecule has 0 aliphatic carbocycles. The molecule has 2 N–H and O–H groups in total. The van der Waals surface area contributed by atoms with Crippen molar-refractivity contribution < 1.29 is 19.4 Å². The van der Waals surface area contributed by atoms with Gasteiger partial charge in [0.05, 0.1) is 29.5 Å². The van der Waals surface area contributed by atoms with Gasteiger partial charge in [-0.05, 0) is 18.2 Å². The summed E-state index contributed by atoms with van der Waals surface area (Å²) in [4.78, 5) is 24.3. The van der Waals surface area contributed by atoms with E-state index in [4.69, 9.17) is 21.4 Å². The van der Waals surface area contributed by atoms with E-state index in [1.165, 1.54) is 18.2 Å². The van der Waals surface area contributed by atoms with Gasteiger partial charge in [0.15, 0.2) is 0 Å². The lowest BCUT2D eigenvalue weighted by atomic mass is 10.2. The smallest absolute Gasteiger partial charge is 0.335 e. The van der Waals surface area contributed by atoms with Crippen LogP contribution in [0.25, 0.3) is 0 Å². The van der Waals surface area contributed by atoms with E-state index in [-0.39, 0.29) is 16.6 Å². The zero-order chi connectivity index (χ0) is 13.8. The number of urea groups is 1. The van der Waals surface area contributed by atoms with E-state index in [0.29, 0.717) is 32.0 Å². The first-order valence-electron chi connectivity index (χ1n) is 5.74. The molecule has 2 rings (SSSR count). The summed E-state index contributed by atoms with van der Waals surface area (Å²) in [5.41, 5.74) is 0.470. The number of hydrogen-bond acceptors (Lipinski definition) is 3. The lowest BCUT2D eigenvalue weighted by Gasteiger charge is -2.27. The Morgan fingerprint density at radius 3 is 2.58 bits per heavy atom. The standard InChI is InChI=1S/C12H13ClN2O4/c13-9-7-8(11(16)17)1-2-10(9)14-12(18)15-3-5-19-6-4-15/h1-2,7H,3-6H2,(H,14,18)(H,16,17). The van der Waals surface area contributed by atoms with Crippen LogP contribution in [0.3, 0.4) is 0 Å². The summed E-state index contributed by atoms with van der Waals surface area (Å²) in [5.74, 6) is -1.06. The van der Waals surface area contributed by atoms with Crippen LogP contribution in [0, 0.1) is 0 Å². The van der Waals surface area contributed by atoms with Crippen LogP contribution in [0.1, 0.15) is 10.4 Å². The predicted octanol–water partition coefficient (Wildman–Crippen LogP) is 1.90. The van der Waals surface area contributed by atoms with Crippen LogP contribution in [0.5, 0.6) is 0 Å². The van der Waals surface area contributed by atoms with E-state index < -0.39 is 5.97 Å². The van der Waals surface area contributed by atoms with E-state index >= 15 is 0 Å². The molecule has 19 heavy (non-hydrogen) atoms. The minimum atomic E-state index is -1.06. The molecule has 0 unspecified atom stereocenters. The molecule has 6 nitrogen and oxygen atoms in total. The highest BCUT2D eigenvalue weighted by Crippen LogP contribution is 2.23. The number of carbonyl (C=O) groups is 2. The Bertz CT molecular complexity index is 501. The zero-order valence-electron chi connectivity index (χ0n) is 10.1. The average molecular weight is 285 g/mol. The molecule has 1 aromatic carbocycles. The third-order valence-corrected chi connectivity index (χ3v) is 3.07. The average Bonchev–Trinajstić information content (AvgIpc) is 2.41. The van der Waals surface area contributed by atoms with Gasteiger partial charge in [-0.1, -0.05) is 11.6 Å². The predicted molar refractivity (Wildman–Crippen MR) is 69.8 cm³/mol. The Hall–Kier alpha value is -1.79. The third-order valence-electron chi connectivity index (χ3n) is 2.76. The molecule has 2 amide bonds. The number of halogens is 1. The van der Waals surface area contributed by atoms with E-state index in [2.05, 4.69) is 5.32 Å². The number of anilines is 1. The van der Waals surface area contributed by atoms with Crippen molar-refractivity contribution in [3.8, 4) is 0 Å². The van der Waals surface area contributed by atoms with E-state index in [1.807, 2.05) is 0 Å². The van der Waals surface area contributed by atoms with Crippen LogP contribution in [-0.4, -0.2) is 48.3 Å². The molecule has 0 saturated carbocycles. The summed E-state index contributed by atoms with van der Waals surface area (Å²) in [6.07, 6.45) is 0. The molecule has 1 heterocycles. The summed E-state index contributed by atoms with van der Waals surface area (Å²) >= 11 is 5.94. The number of morpholine rings is 1. The monoisotopic (exact) mass is 284 g/mol. The van der Waals surface area contributed by atoms with E-state index in [0.717, 1.165) is 0 Å². The van der Waals surface area contributed by atoms with Crippen molar-refractivity contribution in [2.75, 3.05) is 31.6 Å². The van der Waals surface area contributed by atoms with Gasteiger partial charge in [0.2, 0.25) is 0 Å². The maximum atomic E-state index is 11.9. The summed E-state index contributed by atoms with van der Waals surface area (Å²) < 4.78 is 5.15. The fraction of sp³-hybridized carbons (Fsp3) is 0.333. The van der Waals surface area contributed by atoms with Gasteiger partial charge in [-0.25, -0.2) is 9.59 Å². The highest BCUT2D eigenvalue weighted by molar-refractivity contribution is 6.34. The second-order valence-corrected chi connectivity index (χ2v) is 4.44. The number of carboxylic acid groups (broad SMARTS) is 1. The highest BCUT2D eigenvalue weighted by Gasteiger charge is 2.18. The second kappa shape index (κ2) is 5.90. The number of rotatable bonds is 2. The third kappa shape index (κ3) is 3.36. The molecule has 1 saturated heterocycles. The molecule has 0 aromatic heterocycles. The molecule has 1 aliphatic heterocycles. The van der Waals surface area contributed by atoms with Gasteiger partial charge in [0, 0.05) is 13.1 Å². The van der Waals surface area contributed by atoms with Crippen LogP contribution in [0.15, 0.2) is 18.2 Å². The maximum absolute atomic E-state index is 11.9. The van der Waals surface area contributed by atoms with Crippen LogP contribution in [0.2, 0.25) is 5.02 Å². The Labute approximate surface area is 114 Å². The van der Waals surface area contributed by atoms with Crippen molar-refractivity contribution in [2.24, 2.45) is 0 Å². The van der Waals surface area contributed by atoms with Gasteiger partial charge in [-0.3, -0.25) is 0 Å². The molecule has 1 aliphatic rings. The van der Waals surface area contributed by atoms with Gasteiger partial charge >= 0.3 is 12.0 Å². The summed E-state index contributed by atoms with van der Waals surface area (Å²) in [6.45, 7) is 2.07. The summed E-state index contributed by atoms with van der Waals surface area (Å²) in [7, 11) is 0. The number of nitrogens with zero attached hydrogens (tertiary/aromatic N) is 1. The SMILES string of the molecule is O=C(O)c1ccc(NC(=O)N2CCOCC2)c(Cl)c1. The van der Waals surface area contributed by atoms with Crippen LogP contribution >= 0.6 is 11.6 Å². The Morgan fingerprint density at radius 1 is 1.32 bits per heavy atom. The zero-order valence-corrected chi connectivity index (χ0v) is 10.8. The number of carbonyl (C=O) groups excluding carboxylic acids is 1. The molecule has 7 heteroatoms. The first kappa shape index (κ1) is 13.6. The van der Waals surface area contributed by atoms with Crippen LogP contribution in [-0.2, 0) is 4.74 Å². The highest BCUT2D eigenvalue weighted by atomic mass is 35.5. The molecule has 0 spiro atoms. The Kier molecular flexibility index (Phi) is 4.24. The fourth-order valence-corrected chi connectivity index (χ4v) is 1.94. The van der Waals surface area contributed by atoms with Gasteiger partial charge in [0.1, 0.15) is 0 Å². The lowest BCUT2D eigenvalue weighted by Crippen LogP contribution is -2.43. The lowest BCUT2D eigenvalue weighted by molar-refractivity contribution is 0.0564. The molecular formula is C12H13ClN2O4. The van der Waals surface area contributed by atoms with Crippen molar-refractivity contribution in [2.45, 2.75) is 0 Å². The van der Waals surface area contributed by atoms with E-state index in [9.17, 15) is 9.59 Å².